The summed E-state index contributed by atoms with van der Waals surface area (Å²) in [6, 6.07) is 0. The molecule has 0 aliphatic heterocycles. The van der Waals surface area contributed by atoms with Gasteiger partial charge in [0.05, 0.1) is 22.5 Å². The SMILES string of the molecule is CC(C)(C)n1nc(CC2=CC=CC(C(F)(F)F)C2)c2c(N)ncnc21. The Morgan fingerprint density at radius 1 is 1.24 bits per heavy atom. The van der Waals surface area contributed by atoms with Crippen molar-refractivity contribution in [2.24, 2.45) is 5.92 Å². The lowest BCUT2D eigenvalue weighted by atomic mass is 9.91. The first-order valence-corrected chi connectivity index (χ1v) is 7.99. The van der Waals surface area contributed by atoms with Gasteiger partial charge < -0.3 is 5.73 Å². The van der Waals surface area contributed by atoms with Crippen molar-refractivity contribution >= 4 is 16.9 Å². The molecule has 25 heavy (non-hydrogen) atoms. The fraction of sp³-hybridized carbons (Fsp3) is 0.471. The normalized spacial score (nSPS) is 18.6. The van der Waals surface area contributed by atoms with Crippen LogP contribution in [0.15, 0.2) is 30.1 Å². The minimum absolute atomic E-state index is 0.0720. The molecule has 2 heterocycles. The Morgan fingerprint density at radius 3 is 2.60 bits per heavy atom. The Labute approximate surface area is 143 Å². The fourth-order valence-corrected chi connectivity index (χ4v) is 2.95. The standard InChI is InChI=1S/C17H20F3N5/c1-16(2,3)25-15-13(14(21)22-9-23-15)12(24-25)8-10-5-4-6-11(7-10)17(18,19)20/h4-6,9,11H,7-8H2,1-3H3,(H2,21,22,23). The van der Waals surface area contributed by atoms with Gasteiger partial charge in [-0.1, -0.05) is 23.8 Å². The molecule has 0 radical (unpaired) electrons. The van der Waals surface area contributed by atoms with Gasteiger partial charge in [0.1, 0.15) is 12.1 Å². The number of anilines is 1. The van der Waals surface area contributed by atoms with Gasteiger partial charge in [0.25, 0.3) is 0 Å². The summed E-state index contributed by atoms with van der Waals surface area (Å²) >= 11 is 0. The number of fused-ring (bicyclic) bond motifs is 1. The molecule has 0 bridgehead atoms. The van der Waals surface area contributed by atoms with Crippen LogP contribution in [-0.2, 0) is 12.0 Å². The van der Waals surface area contributed by atoms with Crippen molar-refractivity contribution in [2.75, 3.05) is 5.73 Å². The predicted octanol–water partition coefficient (Wildman–Crippen LogP) is 3.77. The lowest BCUT2D eigenvalue weighted by Gasteiger charge is -2.21. The molecule has 0 amide bonds. The average Bonchev–Trinajstić information content (AvgIpc) is 2.87. The van der Waals surface area contributed by atoms with Gasteiger partial charge >= 0.3 is 6.18 Å². The summed E-state index contributed by atoms with van der Waals surface area (Å²) in [7, 11) is 0. The topological polar surface area (TPSA) is 69.6 Å². The zero-order valence-electron chi connectivity index (χ0n) is 14.3. The highest BCUT2D eigenvalue weighted by Crippen LogP contribution is 2.36. The molecular weight excluding hydrogens is 331 g/mol. The molecule has 0 saturated carbocycles. The van der Waals surface area contributed by atoms with Gasteiger partial charge in [-0.15, -0.1) is 0 Å². The van der Waals surface area contributed by atoms with E-state index in [-0.39, 0.29) is 24.2 Å². The zero-order valence-corrected chi connectivity index (χ0v) is 14.3. The molecule has 0 aromatic carbocycles. The summed E-state index contributed by atoms with van der Waals surface area (Å²) in [4.78, 5) is 8.28. The van der Waals surface area contributed by atoms with E-state index < -0.39 is 12.1 Å². The van der Waals surface area contributed by atoms with Crippen LogP contribution in [0, 0.1) is 5.92 Å². The van der Waals surface area contributed by atoms with E-state index >= 15 is 0 Å². The predicted molar refractivity (Wildman–Crippen MR) is 89.8 cm³/mol. The number of nitrogen functional groups attached to an aromatic ring is 1. The van der Waals surface area contributed by atoms with Gasteiger partial charge in [0.2, 0.25) is 0 Å². The smallest absolute Gasteiger partial charge is 0.383 e. The monoisotopic (exact) mass is 351 g/mol. The van der Waals surface area contributed by atoms with Gasteiger partial charge in [-0.2, -0.15) is 18.3 Å². The summed E-state index contributed by atoms with van der Waals surface area (Å²) in [5.41, 5.74) is 7.51. The lowest BCUT2D eigenvalue weighted by Crippen LogP contribution is -2.24. The second kappa shape index (κ2) is 5.86. The fourth-order valence-electron chi connectivity index (χ4n) is 2.95. The third kappa shape index (κ3) is 3.38. The second-order valence-corrected chi connectivity index (χ2v) is 7.23. The minimum Gasteiger partial charge on any atom is -0.383 e. The number of nitrogens with zero attached hydrogens (tertiary/aromatic N) is 4. The maximum atomic E-state index is 13.0. The van der Waals surface area contributed by atoms with Crippen molar-refractivity contribution in [2.45, 2.75) is 45.3 Å². The minimum atomic E-state index is -4.25. The molecule has 2 aromatic heterocycles. The van der Waals surface area contributed by atoms with Crippen LogP contribution in [0.25, 0.3) is 11.0 Å². The van der Waals surface area contributed by atoms with Crippen molar-refractivity contribution in [3.63, 3.8) is 0 Å². The van der Waals surface area contributed by atoms with Crippen molar-refractivity contribution in [1.29, 1.82) is 0 Å². The summed E-state index contributed by atoms with van der Waals surface area (Å²) in [5, 5.41) is 5.20. The zero-order chi connectivity index (χ0) is 18.4. The Hall–Kier alpha value is -2.38. The first-order chi connectivity index (χ1) is 11.6. The number of allylic oxidation sites excluding steroid dienone is 4. The molecule has 1 unspecified atom stereocenters. The molecule has 0 saturated heterocycles. The van der Waals surface area contributed by atoms with E-state index in [2.05, 4.69) is 15.1 Å². The van der Waals surface area contributed by atoms with E-state index in [0.29, 0.717) is 22.3 Å². The van der Waals surface area contributed by atoms with E-state index in [9.17, 15) is 13.2 Å². The third-order valence-electron chi connectivity index (χ3n) is 4.17. The Morgan fingerprint density at radius 2 is 1.96 bits per heavy atom. The second-order valence-electron chi connectivity index (χ2n) is 7.23. The summed E-state index contributed by atoms with van der Waals surface area (Å²) in [6.07, 6.45) is 1.70. The van der Waals surface area contributed by atoms with Gasteiger partial charge in [-0.3, -0.25) is 0 Å². The molecule has 134 valence electrons. The van der Waals surface area contributed by atoms with Crippen LogP contribution in [0.5, 0.6) is 0 Å². The van der Waals surface area contributed by atoms with Crippen LogP contribution in [-0.4, -0.2) is 25.9 Å². The molecule has 1 aliphatic carbocycles. The van der Waals surface area contributed by atoms with Crippen molar-refractivity contribution in [1.82, 2.24) is 19.7 Å². The van der Waals surface area contributed by atoms with Crippen LogP contribution >= 0.6 is 0 Å². The molecule has 2 aromatic rings. The van der Waals surface area contributed by atoms with Gasteiger partial charge in [0, 0.05) is 6.42 Å². The number of nitrogens with two attached hydrogens (primary N) is 1. The van der Waals surface area contributed by atoms with E-state index in [1.165, 1.54) is 18.5 Å². The van der Waals surface area contributed by atoms with E-state index in [0.717, 1.165) is 0 Å². The number of rotatable bonds is 2. The highest BCUT2D eigenvalue weighted by atomic mass is 19.4. The van der Waals surface area contributed by atoms with Crippen LogP contribution in [0.3, 0.4) is 0 Å². The van der Waals surface area contributed by atoms with E-state index in [4.69, 9.17) is 5.73 Å². The third-order valence-corrected chi connectivity index (χ3v) is 4.17. The molecule has 0 fully saturated rings. The molecular formula is C17H20F3N5. The molecule has 1 atom stereocenters. The summed E-state index contributed by atoms with van der Waals surface area (Å²) < 4.78 is 40.7. The highest BCUT2D eigenvalue weighted by Gasteiger charge is 2.38. The quantitative estimate of drug-likeness (QED) is 0.894. The van der Waals surface area contributed by atoms with Gasteiger partial charge in [-0.05, 0) is 27.2 Å². The number of aromatic nitrogens is 4. The maximum absolute atomic E-state index is 13.0. The van der Waals surface area contributed by atoms with Crippen LogP contribution in [0.2, 0.25) is 0 Å². The molecule has 8 heteroatoms. The highest BCUT2D eigenvalue weighted by molar-refractivity contribution is 5.88. The van der Waals surface area contributed by atoms with Crippen molar-refractivity contribution in [3.8, 4) is 0 Å². The van der Waals surface area contributed by atoms with E-state index in [1.807, 2.05) is 20.8 Å². The number of alkyl halides is 3. The van der Waals surface area contributed by atoms with Crippen molar-refractivity contribution < 1.29 is 13.2 Å². The number of hydrogen-bond acceptors (Lipinski definition) is 4. The van der Waals surface area contributed by atoms with Gasteiger partial charge in [-0.25, -0.2) is 14.6 Å². The largest absolute Gasteiger partial charge is 0.395 e. The Bertz CT molecular complexity index is 856. The van der Waals surface area contributed by atoms with Gasteiger partial charge in [0.15, 0.2) is 5.65 Å². The molecule has 5 nitrogen and oxygen atoms in total. The molecule has 3 rings (SSSR count). The van der Waals surface area contributed by atoms with Crippen LogP contribution in [0.4, 0.5) is 19.0 Å². The van der Waals surface area contributed by atoms with E-state index in [1.54, 1.807) is 10.8 Å². The maximum Gasteiger partial charge on any atom is 0.395 e. The summed E-state index contributed by atoms with van der Waals surface area (Å²) in [6.45, 7) is 5.93. The first-order valence-electron chi connectivity index (χ1n) is 7.99. The molecule has 2 N–H and O–H groups in total. The first kappa shape index (κ1) is 17.4. The van der Waals surface area contributed by atoms with Crippen LogP contribution < -0.4 is 5.73 Å². The summed E-state index contributed by atoms with van der Waals surface area (Å²) in [5.74, 6) is -1.17. The average molecular weight is 351 g/mol. The van der Waals surface area contributed by atoms with Crippen LogP contribution in [0.1, 0.15) is 32.9 Å². The molecule has 1 aliphatic rings. The molecule has 0 spiro atoms. The number of halogens is 3. The Balaban J connectivity index is 2.00. The Kier molecular flexibility index (Phi) is 4.09. The number of hydrogen-bond donors (Lipinski definition) is 1. The lowest BCUT2D eigenvalue weighted by molar-refractivity contribution is -0.161. The van der Waals surface area contributed by atoms with Crippen molar-refractivity contribution in [3.05, 3.63) is 35.8 Å².